The van der Waals surface area contributed by atoms with Crippen LogP contribution in [-0.4, -0.2) is 54.6 Å². The van der Waals surface area contributed by atoms with Crippen LogP contribution in [0.3, 0.4) is 0 Å². The van der Waals surface area contributed by atoms with Crippen LogP contribution in [0.1, 0.15) is 24.3 Å². The lowest BCUT2D eigenvalue weighted by atomic mass is 9.87. The van der Waals surface area contributed by atoms with E-state index in [1.807, 2.05) is 0 Å². The van der Waals surface area contributed by atoms with Gasteiger partial charge in [0.2, 0.25) is 11.8 Å². The summed E-state index contributed by atoms with van der Waals surface area (Å²) in [7, 11) is 1.42. The number of methoxy groups -OCH3 is 1. The fourth-order valence-corrected chi connectivity index (χ4v) is 3.57. The molecule has 1 fully saturated rings. The van der Waals surface area contributed by atoms with E-state index in [-0.39, 0.29) is 50.0 Å². The number of carboxylic acid groups (broad SMARTS) is 1. The monoisotopic (exact) mass is 350 g/mol. The minimum absolute atomic E-state index is 0.0130. The van der Waals surface area contributed by atoms with Crippen molar-refractivity contribution in [3.8, 4) is 0 Å². The molecule has 134 valence electrons. The van der Waals surface area contributed by atoms with Crippen LogP contribution in [0.2, 0.25) is 0 Å². The molecule has 1 saturated heterocycles. The normalized spacial score (nSPS) is 25.4. The van der Waals surface area contributed by atoms with Gasteiger partial charge >= 0.3 is 5.97 Å². The fourth-order valence-electron chi connectivity index (χ4n) is 3.57. The van der Waals surface area contributed by atoms with E-state index in [1.54, 1.807) is 0 Å². The van der Waals surface area contributed by atoms with Crippen LogP contribution in [0.15, 0.2) is 18.2 Å². The summed E-state index contributed by atoms with van der Waals surface area (Å²) in [6.07, 6.45) is 0.245. The number of nitrogens with one attached hydrogen (secondary N) is 1. The first-order valence-electron chi connectivity index (χ1n) is 7.97. The number of hydrogen-bond acceptors (Lipinski definition) is 4. The number of likely N-dealkylation sites (tertiary alicyclic amines) is 1. The van der Waals surface area contributed by atoms with Crippen LogP contribution in [0.25, 0.3) is 0 Å². The van der Waals surface area contributed by atoms with Gasteiger partial charge in [0.05, 0.1) is 12.5 Å². The number of benzene rings is 1. The molecule has 2 N–H and O–H groups in total. The average Bonchev–Trinajstić information content (AvgIpc) is 2.99. The molecular formula is C17H19FN2O5. The zero-order valence-corrected chi connectivity index (χ0v) is 13.8. The Morgan fingerprint density at radius 2 is 2.24 bits per heavy atom. The predicted octanol–water partition coefficient (Wildman–Crippen LogP) is 1.20. The van der Waals surface area contributed by atoms with Crippen LogP contribution < -0.4 is 5.32 Å². The Morgan fingerprint density at radius 3 is 2.92 bits per heavy atom. The van der Waals surface area contributed by atoms with E-state index in [2.05, 4.69) is 5.32 Å². The van der Waals surface area contributed by atoms with E-state index in [4.69, 9.17) is 4.74 Å². The topological polar surface area (TPSA) is 95.9 Å². The SMILES string of the molecule is COCC1(C(=O)O)CCN(C(=O)C2CC(=O)Nc3cc(F)ccc32)C1. The van der Waals surface area contributed by atoms with Crippen molar-refractivity contribution in [2.75, 3.05) is 32.1 Å². The van der Waals surface area contributed by atoms with Crippen molar-refractivity contribution in [1.82, 2.24) is 4.90 Å². The van der Waals surface area contributed by atoms with E-state index >= 15 is 0 Å². The number of carbonyl (C=O) groups excluding carboxylic acids is 2. The molecule has 25 heavy (non-hydrogen) atoms. The summed E-state index contributed by atoms with van der Waals surface area (Å²) in [6.45, 7) is 0.325. The highest BCUT2D eigenvalue weighted by atomic mass is 19.1. The lowest BCUT2D eigenvalue weighted by molar-refractivity contribution is -0.151. The molecule has 3 rings (SSSR count). The Bertz CT molecular complexity index is 738. The average molecular weight is 350 g/mol. The molecule has 2 amide bonds. The molecule has 1 aromatic rings. The van der Waals surface area contributed by atoms with E-state index < -0.39 is 23.1 Å². The lowest BCUT2D eigenvalue weighted by Gasteiger charge is -2.29. The molecule has 2 unspecified atom stereocenters. The van der Waals surface area contributed by atoms with Gasteiger partial charge in [-0.05, 0) is 24.1 Å². The van der Waals surface area contributed by atoms with Crippen molar-refractivity contribution < 1.29 is 28.6 Å². The third kappa shape index (κ3) is 3.09. The smallest absolute Gasteiger partial charge is 0.313 e. The maximum atomic E-state index is 13.4. The summed E-state index contributed by atoms with van der Waals surface area (Å²) in [4.78, 5) is 37.9. The van der Waals surface area contributed by atoms with Crippen molar-refractivity contribution in [1.29, 1.82) is 0 Å². The minimum atomic E-state index is -1.13. The molecule has 0 saturated carbocycles. The highest BCUT2D eigenvalue weighted by Gasteiger charge is 2.48. The van der Waals surface area contributed by atoms with Gasteiger partial charge in [-0.1, -0.05) is 6.07 Å². The van der Waals surface area contributed by atoms with E-state index in [9.17, 15) is 23.9 Å². The number of rotatable bonds is 4. The van der Waals surface area contributed by atoms with Crippen molar-refractivity contribution in [2.45, 2.75) is 18.8 Å². The van der Waals surface area contributed by atoms with Gasteiger partial charge in [0.15, 0.2) is 0 Å². The first-order chi connectivity index (χ1) is 11.9. The molecular weight excluding hydrogens is 331 g/mol. The van der Waals surface area contributed by atoms with E-state index in [1.165, 1.54) is 30.2 Å². The van der Waals surface area contributed by atoms with Crippen LogP contribution >= 0.6 is 0 Å². The molecule has 1 aromatic carbocycles. The maximum Gasteiger partial charge on any atom is 0.313 e. The van der Waals surface area contributed by atoms with Gasteiger partial charge < -0.3 is 20.1 Å². The summed E-state index contributed by atoms with van der Waals surface area (Å²) < 4.78 is 18.4. The number of nitrogens with zero attached hydrogens (tertiary/aromatic N) is 1. The number of carboxylic acids is 1. The molecule has 0 aromatic heterocycles. The molecule has 7 nitrogen and oxygen atoms in total. The van der Waals surface area contributed by atoms with Crippen LogP contribution in [0, 0.1) is 11.2 Å². The van der Waals surface area contributed by atoms with Crippen molar-refractivity contribution in [3.05, 3.63) is 29.6 Å². The van der Waals surface area contributed by atoms with Gasteiger partial charge in [-0.2, -0.15) is 0 Å². The second-order valence-corrected chi connectivity index (χ2v) is 6.56. The number of fused-ring (bicyclic) bond motifs is 1. The molecule has 2 atom stereocenters. The van der Waals surface area contributed by atoms with Gasteiger partial charge in [-0.15, -0.1) is 0 Å². The summed E-state index contributed by atoms with van der Waals surface area (Å²) in [5, 5.41) is 12.1. The highest BCUT2D eigenvalue weighted by Crippen LogP contribution is 2.37. The highest BCUT2D eigenvalue weighted by molar-refractivity contribution is 6.01. The van der Waals surface area contributed by atoms with Gasteiger partial charge in [-0.3, -0.25) is 14.4 Å². The van der Waals surface area contributed by atoms with Crippen molar-refractivity contribution in [3.63, 3.8) is 0 Å². The number of aliphatic carboxylic acids is 1. The quantitative estimate of drug-likeness (QED) is 0.851. The van der Waals surface area contributed by atoms with E-state index in [0.29, 0.717) is 5.56 Å². The van der Waals surface area contributed by atoms with Gasteiger partial charge in [0.1, 0.15) is 11.2 Å². The number of carbonyl (C=O) groups is 3. The molecule has 0 spiro atoms. The van der Waals surface area contributed by atoms with Gasteiger partial charge in [0, 0.05) is 32.3 Å². The molecule has 0 radical (unpaired) electrons. The van der Waals surface area contributed by atoms with Gasteiger partial charge in [0.25, 0.3) is 0 Å². The summed E-state index contributed by atoms with van der Waals surface area (Å²) in [5.41, 5.74) is -0.298. The summed E-state index contributed by atoms with van der Waals surface area (Å²) >= 11 is 0. The standard InChI is InChI=1S/C17H19FN2O5/c1-25-9-17(16(23)24)4-5-20(8-17)15(22)12-7-14(21)19-13-6-10(18)2-3-11(12)13/h2-3,6,12H,4-5,7-9H2,1H3,(H,19,21)(H,23,24). The van der Waals surface area contributed by atoms with Crippen LogP contribution in [-0.2, 0) is 19.1 Å². The first kappa shape index (κ1) is 17.3. The largest absolute Gasteiger partial charge is 0.481 e. The summed E-state index contributed by atoms with van der Waals surface area (Å²) in [6, 6.07) is 3.92. The number of ether oxygens (including phenoxy) is 1. The fraction of sp³-hybridized carbons (Fsp3) is 0.471. The molecule has 2 heterocycles. The zero-order chi connectivity index (χ0) is 18.2. The Labute approximate surface area is 143 Å². The predicted molar refractivity (Wildman–Crippen MR) is 85.5 cm³/mol. The number of halogens is 1. The molecule has 8 heteroatoms. The first-order valence-corrected chi connectivity index (χ1v) is 7.97. The number of hydrogen-bond donors (Lipinski definition) is 2. The molecule has 0 aliphatic carbocycles. The Balaban J connectivity index is 1.85. The zero-order valence-electron chi connectivity index (χ0n) is 13.8. The van der Waals surface area contributed by atoms with Crippen molar-refractivity contribution in [2.24, 2.45) is 5.41 Å². The lowest BCUT2D eigenvalue weighted by Crippen LogP contribution is -2.42. The molecule has 2 aliphatic rings. The second-order valence-electron chi connectivity index (χ2n) is 6.56. The second kappa shape index (κ2) is 6.44. The number of amides is 2. The Morgan fingerprint density at radius 1 is 1.48 bits per heavy atom. The third-order valence-electron chi connectivity index (χ3n) is 4.89. The Kier molecular flexibility index (Phi) is 4.47. The minimum Gasteiger partial charge on any atom is -0.481 e. The third-order valence-corrected chi connectivity index (χ3v) is 4.89. The van der Waals surface area contributed by atoms with Crippen molar-refractivity contribution >= 4 is 23.5 Å². The molecule has 2 aliphatic heterocycles. The summed E-state index contributed by atoms with van der Waals surface area (Å²) in [5.74, 6) is -2.93. The van der Waals surface area contributed by atoms with Crippen LogP contribution in [0.4, 0.5) is 10.1 Å². The number of anilines is 1. The van der Waals surface area contributed by atoms with Crippen LogP contribution in [0.5, 0.6) is 0 Å². The van der Waals surface area contributed by atoms with Gasteiger partial charge in [-0.25, -0.2) is 4.39 Å². The maximum absolute atomic E-state index is 13.4. The molecule has 0 bridgehead atoms. The van der Waals surface area contributed by atoms with E-state index in [0.717, 1.165) is 0 Å². The Hall–Kier alpha value is -2.48.